The molecule has 2 aromatic rings. The van der Waals surface area contributed by atoms with Crippen LogP contribution in [0.1, 0.15) is 43.5 Å². The molecule has 0 amide bonds. The summed E-state index contributed by atoms with van der Waals surface area (Å²) in [6, 6.07) is 7.37. The SMILES string of the molecule is O=C1O[C@@H](c2cc(C(F)(F)F)cc(C(F)(F)F)c2)[C@H](Br)c2ccccc21. The number of ether oxygens (including phenoxy) is 1. The maximum atomic E-state index is 13.0. The van der Waals surface area contributed by atoms with Crippen molar-refractivity contribution in [3.05, 3.63) is 70.3 Å². The van der Waals surface area contributed by atoms with E-state index in [1.54, 1.807) is 18.2 Å². The third-order valence-corrected chi connectivity index (χ3v) is 4.89. The van der Waals surface area contributed by atoms with E-state index in [-0.39, 0.29) is 11.6 Å². The number of hydrogen-bond donors (Lipinski definition) is 0. The Bertz CT molecular complexity index is 827. The molecule has 1 aliphatic heterocycles. The van der Waals surface area contributed by atoms with Gasteiger partial charge in [0.1, 0.15) is 6.10 Å². The lowest BCUT2D eigenvalue weighted by molar-refractivity contribution is -0.143. The summed E-state index contributed by atoms with van der Waals surface area (Å²) < 4.78 is 83.3. The van der Waals surface area contributed by atoms with E-state index in [4.69, 9.17) is 4.74 Å². The first-order valence-corrected chi connectivity index (χ1v) is 8.13. The second-order valence-electron chi connectivity index (χ2n) is 5.65. The van der Waals surface area contributed by atoms with Crippen molar-refractivity contribution in [2.75, 3.05) is 0 Å². The molecule has 0 unspecified atom stereocenters. The molecule has 0 fully saturated rings. The maximum absolute atomic E-state index is 13.0. The Hall–Kier alpha value is -2.03. The zero-order chi connectivity index (χ0) is 19.3. The van der Waals surface area contributed by atoms with Crippen LogP contribution in [-0.4, -0.2) is 5.97 Å². The van der Waals surface area contributed by atoms with Gasteiger partial charge in [0.25, 0.3) is 0 Å². The summed E-state index contributed by atoms with van der Waals surface area (Å²) in [6.45, 7) is 0. The number of cyclic esters (lactones) is 1. The molecule has 26 heavy (non-hydrogen) atoms. The van der Waals surface area contributed by atoms with E-state index < -0.39 is 45.9 Å². The van der Waals surface area contributed by atoms with Gasteiger partial charge < -0.3 is 4.74 Å². The fourth-order valence-electron chi connectivity index (χ4n) is 2.71. The van der Waals surface area contributed by atoms with Crippen LogP contribution in [0.5, 0.6) is 0 Å². The molecule has 3 rings (SSSR count). The van der Waals surface area contributed by atoms with Gasteiger partial charge in [-0.3, -0.25) is 0 Å². The molecule has 2 aromatic carbocycles. The first kappa shape index (κ1) is 18.8. The summed E-state index contributed by atoms with van der Waals surface area (Å²) in [5, 5.41) is 0. The summed E-state index contributed by atoms with van der Waals surface area (Å²) in [5.41, 5.74) is -2.68. The summed E-state index contributed by atoms with van der Waals surface area (Å²) >= 11 is 3.23. The Balaban J connectivity index is 2.13. The van der Waals surface area contributed by atoms with E-state index in [0.29, 0.717) is 17.7 Å². The second kappa shape index (κ2) is 6.29. The molecule has 0 saturated carbocycles. The van der Waals surface area contributed by atoms with Crippen molar-refractivity contribution in [2.45, 2.75) is 23.3 Å². The van der Waals surface area contributed by atoms with Gasteiger partial charge in [-0.15, -0.1) is 0 Å². The fraction of sp³-hybridized carbons (Fsp3) is 0.235. The van der Waals surface area contributed by atoms with Gasteiger partial charge in [0.2, 0.25) is 0 Å². The number of halogens is 7. The van der Waals surface area contributed by atoms with Gasteiger partial charge in [-0.05, 0) is 35.4 Å². The minimum Gasteiger partial charge on any atom is -0.452 e. The number of benzene rings is 2. The molecule has 0 aliphatic carbocycles. The highest BCUT2D eigenvalue weighted by Crippen LogP contribution is 2.46. The van der Waals surface area contributed by atoms with E-state index in [1.807, 2.05) is 0 Å². The zero-order valence-corrected chi connectivity index (χ0v) is 14.2. The number of fused-ring (bicyclic) bond motifs is 1. The van der Waals surface area contributed by atoms with E-state index in [0.717, 1.165) is 0 Å². The molecular weight excluding hydrogens is 430 g/mol. The smallest absolute Gasteiger partial charge is 0.416 e. The van der Waals surface area contributed by atoms with Gasteiger partial charge in [0.15, 0.2) is 0 Å². The van der Waals surface area contributed by atoms with Crippen LogP contribution in [0.15, 0.2) is 42.5 Å². The Labute approximate surface area is 151 Å². The quantitative estimate of drug-likeness (QED) is 0.306. The highest BCUT2D eigenvalue weighted by molar-refractivity contribution is 9.09. The van der Waals surface area contributed by atoms with Crippen LogP contribution in [0.25, 0.3) is 0 Å². The normalized spacial score (nSPS) is 20.5. The average Bonchev–Trinajstić information content (AvgIpc) is 2.56. The first-order valence-electron chi connectivity index (χ1n) is 7.22. The summed E-state index contributed by atoms with van der Waals surface area (Å²) in [4.78, 5) is 11.3. The molecule has 9 heteroatoms. The number of hydrogen-bond acceptors (Lipinski definition) is 2. The van der Waals surface area contributed by atoms with Gasteiger partial charge >= 0.3 is 18.3 Å². The molecule has 1 aliphatic rings. The largest absolute Gasteiger partial charge is 0.452 e. The predicted octanol–water partition coefficient (Wildman–Crippen LogP) is 6.07. The molecule has 0 bridgehead atoms. The number of esters is 1. The molecule has 0 saturated heterocycles. The lowest BCUT2D eigenvalue weighted by Crippen LogP contribution is -2.24. The van der Waals surface area contributed by atoms with Crippen LogP contribution >= 0.6 is 15.9 Å². The maximum Gasteiger partial charge on any atom is 0.416 e. The molecule has 0 spiro atoms. The summed E-state index contributed by atoms with van der Waals surface area (Å²) in [6.07, 6.45) is -11.3. The molecule has 1 heterocycles. The lowest BCUT2D eigenvalue weighted by atomic mass is 9.92. The topological polar surface area (TPSA) is 26.3 Å². The number of rotatable bonds is 1. The highest BCUT2D eigenvalue weighted by atomic mass is 79.9. The van der Waals surface area contributed by atoms with Gasteiger partial charge in [0.05, 0.1) is 21.5 Å². The minimum absolute atomic E-state index is 0.0331. The van der Waals surface area contributed by atoms with Crippen LogP contribution in [0.3, 0.4) is 0 Å². The van der Waals surface area contributed by atoms with Gasteiger partial charge in [-0.25, -0.2) is 4.79 Å². The van der Waals surface area contributed by atoms with Crippen LogP contribution < -0.4 is 0 Å². The summed E-state index contributed by atoms with van der Waals surface area (Å²) in [5.74, 6) is -0.813. The predicted molar refractivity (Wildman–Crippen MR) is 82.7 cm³/mol. The standard InChI is InChI=1S/C17H9BrF6O2/c18-13-11-3-1-2-4-12(11)15(25)26-14(13)8-5-9(16(19,20)21)7-10(6-8)17(22,23)24/h1-7,13-14H/t13-,14+/m1/s1. The molecule has 2 nitrogen and oxygen atoms in total. The van der Waals surface area contributed by atoms with Gasteiger partial charge in [-0.2, -0.15) is 26.3 Å². The monoisotopic (exact) mass is 438 g/mol. The Kier molecular flexibility index (Phi) is 4.54. The van der Waals surface area contributed by atoms with Crippen molar-refractivity contribution in [3.63, 3.8) is 0 Å². The molecule has 2 atom stereocenters. The molecule has 0 N–H and O–H groups in total. The highest BCUT2D eigenvalue weighted by Gasteiger charge is 2.40. The van der Waals surface area contributed by atoms with Crippen molar-refractivity contribution in [3.8, 4) is 0 Å². The van der Waals surface area contributed by atoms with Crippen molar-refractivity contribution in [2.24, 2.45) is 0 Å². The van der Waals surface area contributed by atoms with E-state index >= 15 is 0 Å². The number of carbonyl (C=O) groups excluding carboxylic acids is 1. The Morgan fingerprint density at radius 2 is 1.42 bits per heavy atom. The lowest BCUT2D eigenvalue weighted by Gasteiger charge is -2.30. The molecular formula is C17H9BrF6O2. The number of carbonyl (C=O) groups is 1. The third kappa shape index (κ3) is 3.44. The van der Waals surface area contributed by atoms with Crippen LogP contribution in [0, 0.1) is 0 Å². The third-order valence-electron chi connectivity index (χ3n) is 3.92. The van der Waals surface area contributed by atoms with Crippen LogP contribution in [0.2, 0.25) is 0 Å². The van der Waals surface area contributed by atoms with Crippen LogP contribution in [-0.2, 0) is 17.1 Å². The van der Waals surface area contributed by atoms with Gasteiger partial charge in [-0.1, -0.05) is 34.1 Å². The fourth-order valence-corrected chi connectivity index (χ4v) is 3.52. The Morgan fingerprint density at radius 3 is 1.96 bits per heavy atom. The summed E-state index contributed by atoms with van der Waals surface area (Å²) in [7, 11) is 0. The van der Waals surface area contributed by atoms with Gasteiger partial charge in [0, 0.05) is 0 Å². The zero-order valence-electron chi connectivity index (χ0n) is 12.7. The average molecular weight is 439 g/mol. The van der Waals surface area contributed by atoms with Crippen molar-refractivity contribution in [1.29, 1.82) is 0 Å². The van der Waals surface area contributed by atoms with Crippen molar-refractivity contribution in [1.82, 2.24) is 0 Å². The van der Waals surface area contributed by atoms with Crippen molar-refractivity contribution >= 4 is 21.9 Å². The van der Waals surface area contributed by atoms with E-state index in [2.05, 4.69) is 15.9 Å². The second-order valence-corrected chi connectivity index (χ2v) is 6.64. The van der Waals surface area contributed by atoms with Crippen LogP contribution in [0.4, 0.5) is 26.3 Å². The molecule has 0 aromatic heterocycles. The van der Waals surface area contributed by atoms with E-state index in [1.165, 1.54) is 6.07 Å². The first-order chi connectivity index (χ1) is 12.0. The minimum atomic E-state index is -4.98. The molecule has 0 radical (unpaired) electrons. The number of alkyl halides is 7. The Morgan fingerprint density at radius 1 is 0.885 bits per heavy atom. The van der Waals surface area contributed by atoms with Crippen molar-refractivity contribution < 1.29 is 35.9 Å². The molecule has 138 valence electrons. The van der Waals surface area contributed by atoms with E-state index in [9.17, 15) is 31.1 Å².